The fraction of sp³-hybridized carbons (Fsp3) is 0.208. The van der Waals surface area contributed by atoms with Crippen molar-refractivity contribution in [1.29, 1.82) is 0 Å². The van der Waals surface area contributed by atoms with E-state index in [9.17, 15) is 8.78 Å². The molecule has 0 aliphatic carbocycles. The third-order valence-electron chi connectivity index (χ3n) is 5.95. The molecule has 38 heavy (non-hydrogen) atoms. The molecule has 5 rings (SSSR count). The van der Waals surface area contributed by atoms with E-state index < -0.39 is 6.43 Å². The number of fused-ring (bicyclic) bond motifs is 1. The van der Waals surface area contributed by atoms with Crippen molar-refractivity contribution >= 4 is 62.6 Å². The van der Waals surface area contributed by atoms with Crippen LogP contribution in [0.15, 0.2) is 43.0 Å². The number of halogens is 3. The van der Waals surface area contributed by atoms with Gasteiger partial charge in [0.05, 0.1) is 60.7 Å². The van der Waals surface area contributed by atoms with Crippen molar-refractivity contribution in [1.82, 2.24) is 33.8 Å². The van der Waals surface area contributed by atoms with Crippen LogP contribution in [0, 0.1) is 13.8 Å². The SMILES string of the molecule is COc1cc(-c2cncn2C)ccc1Nc1cc(Nc2cnc(C)c(C)n2)nc2c1nc(C(F)F)n2PI. The van der Waals surface area contributed by atoms with Gasteiger partial charge in [0, 0.05) is 18.7 Å². The summed E-state index contributed by atoms with van der Waals surface area (Å²) in [5.41, 5.74) is 5.18. The zero-order chi connectivity index (χ0) is 27.0. The lowest BCUT2D eigenvalue weighted by Crippen LogP contribution is -2.03. The van der Waals surface area contributed by atoms with Crippen molar-refractivity contribution in [2.24, 2.45) is 7.05 Å². The van der Waals surface area contributed by atoms with E-state index >= 15 is 0 Å². The Bertz CT molecular complexity index is 1640. The van der Waals surface area contributed by atoms with Crippen LogP contribution in [-0.4, -0.2) is 40.9 Å². The van der Waals surface area contributed by atoms with Gasteiger partial charge >= 0.3 is 0 Å². The Morgan fingerprint density at radius 1 is 1.00 bits per heavy atom. The molecule has 1 aromatic carbocycles. The first kappa shape index (κ1) is 26.2. The van der Waals surface area contributed by atoms with Crippen molar-refractivity contribution in [2.45, 2.75) is 20.3 Å². The van der Waals surface area contributed by atoms with E-state index in [0.29, 0.717) is 39.9 Å². The largest absolute Gasteiger partial charge is 0.495 e. The second kappa shape index (κ2) is 10.7. The highest BCUT2D eigenvalue weighted by molar-refractivity contribution is 14.2. The molecule has 1 unspecified atom stereocenters. The number of nitrogens with zero attached hydrogens (tertiary/aromatic N) is 7. The first-order valence-corrected chi connectivity index (χ1v) is 15.4. The molecule has 0 aliphatic heterocycles. The minimum absolute atomic E-state index is 0.0283. The maximum Gasteiger partial charge on any atom is 0.295 e. The van der Waals surface area contributed by atoms with Gasteiger partial charge in [-0.25, -0.2) is 28.7 Å². The van der Waals surface area contributed by atoms with E-state index in [1.807, 2.05) is 65.7 Å². The van der Waals surface area contributed by atoms with Gasteiger partial charge in [0.2, 0.25) is 0 Å². The second-order valence-corrected chi connectivity index (χ2v) is 10.5. The molecule has 196 valence electrons. The van der Waals surface area contributed by atoms with Crippen molar-refractivity contribution in [3.63, 3.8) is 0 Å². The van der Waals surface area contributed by atoms with Crippen molar-refractivity contribution in [3.8, 4) is 17.0 Å². The third kappa shape index (κ3) is 4.99. The molecular weight excluding hydrogens is 626 g/mol. The molecule has 0 saturated carbocycles. The summed E-state index contributed by atoms with van der Waals surface area (Å²) < 4.78 is 36.7. The highest BCUT2D eigenvalue weighted by Crippen LogP contribution is 2.40. The van der Waals surface area contributed by atoms with Gasteiger partial charge < -0.3 is 19.9 Å². The van der Waals surface area contributed by atoms with Crippen molar-refractivity contribution < 1.29 is 13.5 Å². The van der Waals surface area contributed by atoms with Gasteiger partial charge in [-0.05, 0) is 48.0 Å². The topological polar surface area (TPSA) is 108 Å². The quantitative estimate of drug-likeness (QED) is 0.146. The number of alkyl halides is 2. The van der Waals surface area contributed by atoms with Gasteiger partial charge in [-0.1, -0.05) is 6.07 Å². The van der Waals surface area contributed by atoms with Crippen LogP contribution in [0.3, 0.4) is 0 Å². The van der Waals surface area contributed by atoms with E-state index in [2.05, 4.69) is 35.6 Å². The van der Waals surface area contributed by atoms with E-state index in [4.69, 9.17) is 4.74 Å². The Morgan fingerprint density at radius 2 is 1.82 bits per heavy atom. The molecule has 14 heteroatoms. The highest BCUT2D eigenvalue weighted by Gasteiger charge is 2.23. The number of pyridine rings is 1. The fourth-order valence-electron chi connectivity index (χ4n) is 3.92. The highest BCUT2D eigenvalue weighted by atomic mass is 127. The summed E-state index contributed by atoms with van der Waals surface area (Å²) in [4.78, 5) is 21.9. The van der Waals surface area contributed by atoms with Gasteiger partial charge in [-0.3, -0.25) is 9.32 Å². The molecule has 0 bridgehead atoms. The standard InChI is InChI=1S/C24H23F2IN9OP/c1-12-13(2)30-20(10-29-12)32-19-8-16(21-23(33-19)36(38-27)24(34-21)22(25)26)31-15-6-5-14(7-18(15)37-4)17-9-28-11-35(17)3/h5-11,22,38H,1-4H3,(H2,30,31,32,33). The summed E-state index contributed by atoms with van der Waals surface area (Å²) in [6.45, 7) is 3.73. The van der Waals surface area contributed by atoms with Crippen molar-refractivity contribution in [2.75, 3.05) is 17.7 Å². The molecule has 1 atom stereocenters. The average molecular weight is 649 g/mol. The molecule has 10 nitrogen and oxygen atoms in total. The molecule has 2 N–H and O–H groups in total. The van der Waals surface area contributed by atoms with E-state index in [-0.39, 0.29) is 12.2 Å². The second-order valence-electron chi connectivity index (χ2n) is 8.40. The molecule has 0 amide bonds. The molecule has 0 spiro atoms. The van der Waals surface area contributed by atoms with E-state index in [1.165, 1.54) is 4.34 Å². The first-order chi connectivity index (χ1) is 18.3. The van der Waals surface area contributed by atoms with Gasteiger partial charge in [-0.2, -0.15) is 0 Å². The molecular formula is C24H23F2IN9OP. The lowest BCUT2D eigenvalue weighted by Gasteiger charge is -2.15. The number of aromatic nitrogens is 7. The number of hydrogen-bond donors (Lipinski definition) is 2. The molecule has 5 aromatic rings. The maximum absolute atomic E-state index is 13.9. The summed E-state index contributed by atoms with van der Waals surface area (Å²) >= 11 is 2.05. The number of ether oxygens (including phenoxy) is 1. The zero-order valence-electron chi connectivity index (χ0n) is 20.8. The summed E-state index contributed by atoms with van der Waals surface area (Å²) in [7, 11) is 3.48. The normalized spacial score (nSPS) is 11.7. The Balaban J connectivity index is 1.61. The Morgan fingerprint density at radius 3 is 2.47 bits per heavy atom. The Hall–Kier alpha value is -3.45. The number of anilines is 4. The minimum Gasteiger partial charge on any atom is -0.495 e. The number of aryl methyl sites for hydroxylation is 3. The molecule has 0 fully saturated rings. The van der Waals surface area contributed by atoms with Crippen LogP contribution < -0.4 is 15.4 Å². The fourth-order valence-corrected chi connectivity index (χ4v) is 5.82. The smallest absolute Gasteiger partial charge is 0.295 e. The van der Waals surface area contributed by atoms with Gasteiger partial charge in [-0.15, -0.1) is 0 Å². The van der Waals surface area contributed by atoms with Gasteiger partial charge in [0.15, 0.2) is 11.5 Å². The van der Waals surface area contributed by atoms with Crippen LogP contribution in [0.25, 0.3) is 22.4 Å². The van der Waals surface area contributed by atoms with E-state index in [1.54, 1.807) is 31.9 Å². The molecule has 0 radical (unpaired) electrons. The van der Waals surface area contributed by atoms with Crippen LogP contribution >= 0.6 is 28.4 Å². The Kier molecular flexibility index (Phi) is 7.39. The third-order valence-corrected chi connectivity index (χ3v) is 8.01. The predicted molar refractivity (Wildman–Crippen MR) is 153 cm³/mol. The number of methoxy groups -OCH3 is 1. The van der Waals surface area contributed by atoms with E-state index in [0.717, 1.165) is 22.6 Å². The van der Waals surface area contributed by atoms with Crippen LogP contribution in [0.1, 0.15) is 23.6 Å². The summed E-state index contributed by atoms with van der Waals surface area (Å²) in [6, 6.07) is 7.38. The van der Waals surface area contributed by atoms with Crippen LogP contribution in [0.5, 0.6) is 5.75 Å². The summed E-state index contributed by atoms with van der Waals surface area (Å²) in [6.07, 6.45) is 2.31. The minimum atomic E-state index is -2.76. The molecule has 4 heterocycles. The lowest BCUT2D eigenvalue weighted by atomic mass is 10.1. The Labute approximate surface area is 231 Å². The monoisotopic (exact) mass is 649 g/mol. The van der Waals surface area contributed by atoms with Gasteiger partial charge in [0.25, 0.3) is 6.43 Å². The van der Waals surface area contributed by atoms with Gasteiger partial charge in [0.1, 0.15) is 22.9 Å². The predicted octanol–water partition coefficient (Wildman–Crippen LogP) is 6.46. The number of hydrogen-bond acceptors (Lipinski definition) is 8. The maximum atomic E-state index is 13.9. The molecule has 0 aliphatic rings. The summed E-state index contributed by atoms with van der Waals surface area (Å²) in [5.74, 6) is 1.11. The van der Waals surface area contributed by atoms with Crippen LogP contribution in [0.2, 0.25) is 0 Å². The van der Waals surface area contributed by atoms with Crippen molar-refractivity contribution in [3.05, 3.63) is 60.2 Å². The van der Waals surface area contributed by atoms with Crippen LogP contribution in [-0.2, 0) is 7.05 Å². The lowest BCUT2D eigenvalue weighted by molar-refractivity contribution is 0.140. The molecule has 0 saturated heterocycles. The number of imidazole rings is 2. The zero-order valence-corrected chi connectivity index (χ0v) is 23.9. The number of rotatable bonds is 8. The summed E-state index contributed by atoms with van der Waals surface area (Å²) in [5, 5.41) is 6.47. The molecule has 4 aromatic heterocycles. The number of benzene rings is 1. The first-order valence-electron chi connectivity index (χ1n) is 11.4. The van der Waals surface area contributed by atoms with Crippen LogP contribution in [0.4, 0.5) is 31.8 Å². The average Bonchev–Trinajstić information content (AvgIpc) is 3.50. The number of nitrogens with one attached hydrogen (secondary N) is 2.